The third-order valence-electron chi connectivity index (χ3n) is 1.90. The molecule has 0 saturated heterocycles. The fourth-order valence-corrected chi connectivity index (χ4v) is 1.82. The summed E-state index contributed by atoms with van der Waals surface area (Å²) in [6.45, 7) is 0. The first-order valence-electron chi connectivity index (χ1n) is 3.78. The lowest BCUT2D eigenvalue weighted by Gasteiger charge is -1.93. The first kappa shape index (κ1) is 7.45. The summed E-state index contributed by atoms with van der Waals surface area (Å²) in [5, 5.41) is 3.15. The molecule has 2 heteroatoms. The zero-order valence-corrected chi connectivity index (χ0v) is 7.45. The second kappa shape index (κ2) is 3.04. The Morgan fingerprint density at radius 1 is 0.917 bits per heavy atom. The Hall–Kier alpha value is -1.20. The highest BCUT2D eigenvalue weighted by molar-refractivity contribution is 7.34. The van der Waals surface area contributed by atoms with E-state index in [2.05, 4.69) is 0 Å². The summed E-state index contributed by atoms with van der Waals surface area (Å²) < 4.78 is 10.8. The number of fused-ring (bicyclic) bond motifs is 1. The fraction of sp³-hybridized carbons (Fsp3) is 0. The van der Waals surface area contributed by atoms with Crippen molar-refractivity contribution in [1.82, 2.24) is 0 Å². The summed E-state index contributed by atoms with van der Waals surface area (Å²) in [4.78, 5) is 0. The molecule has 0 spiro atoms. The van der Waals surface area contributed by atoms with Crippen molar-refractivity contribution in [1.29, 1.82) is 0 Å². The summed E-state index contributed by atoms with van der Waals surface area (Å²) in [6, 6.07) is 13.8. The van der Waals surface area contributed by atoms with Gasteiger partial charge in [-0.1, -0.05) is 34.9 Å². The van der Waals surface area contributed by atoms with Gasteiger partial charge in [-0.2, -0.15) is 0 Å². The molecule has 0 amide bonds. The maximum Gasteiger partial charge on any atom is 0.363 e. The van der Waals surface area contributed by atoms with Crippen LogP contribution in [-0.2, 0) is 4.57 Å². The maximum atomic E-state index is 10.8. The van der Waals surface area contributed by atoms with Crippen molar-refractivity contribution in [3.63, 3.8) is 0 Å². The molecule has 0 radical (unpaired) electrons. The van der Waals surface area contributed by atoms with E-state index in [0.717, 1.165) is 16.1 Å². The Bertz CT molecular complexity index is 418. The Balaban J connectivity index is 2.88. The first-order chi connectivity index (χ1) is 5.92. The summed E-state index contributed by atoms with van der Waals surface area (Å²) in [6.07, 6.45) is 0. The molecule has 0 fully saturated rings. The van der Waals surface area contributed by atoms with Crippen LogP contribution in [0.1, 0.15) is 0 Å². The first-order valence-corrected chi connectivity index (χ1v) is 4.68. The minimum atomic E-state index is -0.366. The molecule has 58 valence electrons. The topological polar surface area (TPSA) is 17.1 Å². The Labute approximate surface area is 72.2 Å². The molecule has 12 heavy (non-hydrogen) atoms. The molecule has 2 rings (SSSR count). The van der Waals surface area contributed by atoms with E-state index in [0.29, 0.717) is 0 Å². The van der Waals surface area contributed by atoms with Crippen molar-refractivity contribution in [2.45, 2.75) is 0 Å². The van der Waals surface area contributed by atoms with Crippen molar-refractivity contribution in [3.05, 3.63) is 42.5 Å². The molecule has 2 aromatic carbocycles. The predicted molar refractivity (Wildman–Crippen MR) is 52.6 cm³/mol. The lowest BCUT2D eigenvalue weighted by molar-refractivity contribution is 0.603. The van der Waals surface area contributed by atoms with Gasteiger partial charge in [0, 0.05) is 5.39 Å². The molecule has 0 bridgehead atoms. The summed E-state index contributed by atoms with van der Waals surface area (Å²) in [5.41, 5.74) is 0. The minimum Gasteiger partial charge on any atom is -0.0707 e. The van der Waals surface area contributed by atoms with Gasteiger partial charge in [0.25, 0.3) is 0 Å². The molecule has 0 heterocycles. The van der Waals surface area contributed by atoms with Crippen LogP contribution in [0.2, 0.25) is 0 Å². The molecule has 1 nitrogen and oxygen atoms in total. The van der Waals surface area contributed by atoms with Gasteiger partial charge in [-0.3, -0.25) is 0 Å². The van der Waals surface area contributed by atoms with Crippen LogP contribution in [0.3, 0.4) is 0 Å². The minimum absolute atomic E-state index is 0.366. The third kappa shape index (κ3) is 1.13. The van der Waals surface area contributed by atoms with Crippen LogP contribution < -0.4 is 5.30 Å². The van der Waals surface area contributed by atoms with Crippen LogP contribution in [0.25, 0.3) is 10.8 Å². The highest BCUT2D eigenvalue weighted by atomic mass is 31.1. The fourth-order valence-electron chi connectivity index (χ4n) is 1.31. The SMILES string of the molecule is O=[PH+]c1cccc2ccccc12. The van der Waals surface area contributed by atoms with Crippen LogP contribution in [0.15, 0.2) is 42.5 Å². The van der Waals surface area contributed by atoms with E-state index >= 15 is 0 Å². The van der Waals surface area contributed by atoms with E-state index < -0.39 is 0 Å². The second-order valence-electron chi connectivity index (χ2n) is 2.63. The van der Waals surface area contributed by atoms with Crippen LogP contribution in [0.5, 0.6) is 0 Å². The van der Waals surface area contributed by atoms with Crippen molar-refractivity contribution < 1.29 is 4.57 Å². The van der Waals surface area contributed by atoms with Crippen molar-refractivity contribution in [2.75, 3.05) is 0 Å². The van der Waals surface area contributed by atoms with Gasteiger partial charge in [0.1, 0.15) is 0 Å². The highest BCUT2D eigenvalue weighted by Gasteiger charge is 2.04. The molecule has 0 N–H and O–H groups in total. The van der Waals surface area contributed by atoms with Gasteiger partial charge in [-0.05, 0) is 17.5 Å². The molecule has 0 aromatic heterocycles. The zero-order valence-electron chi connectivity index (χ0n) is 6.45. The van der Waals surface area contributed by atoms with Gasteiger partial charge in [0.15, 0.2) is 5.30 Å². The van der Waals surface area contributed by atoms with Crippen LogP contribution >= 0.6 is 8.46 Å². The molecule has 0 aliphatic carbocycles. The quantitative estimate of drug-likeness (QED) is 0.608. The number of rotatable bonds is 1. The number of hydrogen-bond donors (Lipinski definition) is 0. The number of hydrogen-bond acceptors (Lipinski definition) is 1. The maximum absolute atomic E-state index is 10.8. The molecule has 2 aromatic rings. The Morgan fingerprint density at radius 2 is 1.67 bits per heavy atom. The smallest absolute Gasteiger partial charge is 0.0707 e. The standard InChI is InChI=1S/C10H7OP/c11-12-10-7-3-5-8-4-1-2-6-9(8)10/h1-7H/p+1. The van der Waals surface area contributed by atoms with E-state index in [1.54, 1.807) is 0 Å². The van der Waals surface area contributed by atoms with Gasteiger partial charge < -0.3 is 0 Å². The van der Waals surface area contributed by atoms with Crippen molar-refractivity contribution >= 4 is 24.5 Å². The van der Waals surface area contributed by atoms with Gasteiger partial charge in [-0.15, -0.1) is 0 Å². The molecule has 0 aliphatic heterocycles. The molecule has 1 atom stereocenters. The third-order valence-corrected chi connectivity index (χ3v) is 2.56. The van der Waals surface area contributed by atoms with Gasteiger partial charge in [-0.25, -0.2) is 0 Å². The number of benzene rings is 2. The van der Waals surface area contributed by atoms with E-state index in [1.807, 2.05) is 42.5 Å². The van der Waals surface area contributed by atoms with Crippen molar-refractivity contribution in [2.24, 2.45) is 0 Å². The molecule has 0 aliphatic rings. The lowest BCUT2D eigenvalue weighted by Crippen LogP contribution is -1.91. The zero-order chi connectivity index (χ0) is 8.39. The monoisotopic (exact) mass is 175 g/mol. The predicted octanol–water partition coefficient (Wildman–Crippen LogP) is 2.49. The molecular weight excluding hydrogens is 167 g/mol. The lowest BCUT2D eigenvalue weighted by atomic mass is 10.1. The Morgan fingerprint density at radius 3 is 2.50 bits per heavy atom. The molecule has 1 unspecified atom stereocenters. The van der Waals surface area contributed by atoms with Crippen LogP contribution in [-0.4, -0.2) is 0 Å². The summed E-state index contributed by atoms with van der Waals surface area (Å²) in [7, 11) is -0.366. The van der Waals surface area contributed by atoms with E-state index in [1.165, 1.54) is 0 Å². The van der Waals surface area contributed by atoms with E-state index in [9.17, 15) is 4.57 Å². The van der Waals surface area contributed by atoms with Crippen molar-refractivity contribution in [3.8, 4) is 0 Å². The second-order valence-corrected chi connectivity index (χ2v) is 3.37. The molecular formula is C10H8OP+. The summed E-state index contributed by atoms with van der Waals surface area (Å²) >= 11 is 0. The summed E-state index contributed by atoms with van der Waals surface area (Å²) in [5.74, 6) is 0. The average Bonchev–Trinajstić information content (AvgIpc) is 2.17. The van der Waals surface area contributed by atoms with Crippen LogP contribution in [0.4, 0.5) is 0 Å². The van der Waals surface area contributed by atoms with Gasteiger partial charge >= 0.3 is 8.46 Å². The Kier molecular flexibility index (Phi) is 1.89. The molecule has 0 saturated carbocycles. The highest BCUT2D eigenvalue weighted by Crippen LogP contribution is 2.13. The van der Waals surface area contributed by atoms with E-state index in [-0.39, 0.29) is 8.46 Å². The van der Waals surface area contributed by atoms with Gasteiger partial charge in [0.2, 0.25) is 0 Å². The van der Waals surface area contributed by atoms with E-state index in [4.69, 9.17) is 0 Å². The van der Waals surface area contributed by atoms with Crippen LogP contribution in [0, 0.1) is 0 Å². The largest absolute Gasteiger partial charge is 0.363 e. The van der Waals surface area contributed by atoms with Gasteiger partial charge in [0.05, 0.1) is 0 Å². The average molecular weight is 175 g/mol. The normalized spacial score (nSPS) is 10.7.